The molecule has 46 heavy (non-hydrogen) atoms. The molecular formula is C32H40N4O8S2. The molecule has 1 saturated heterocycles. The predicted octanol–water partition coefficient (Wildman–Crippen LogP) is 2.88. The van der Waals surface area contributed by atoms with Gasteiger partial charge in [-0.1, -0.05) is 60.7 Å². The number of carbonyl (C=O) groups excluding carboxylic acids is 2. The van der Waals surface area contributed by atoms with Crippen molar-refractivity contribution in [2.45, 2.75) is 24.6 Å². The van der Waals surface area contributed by atoms with Gasteiger partial charge < -0.3 is 24.6 Å². The van der Waals surface area contributed by atoms with Crippen LogP contribution in [-0.2, 0) is 41.6 Å². The zero-order chi connectivity index (χ0) is 33.0. The van der Waals surface area contributed by atoms with Crippen LogP contribution in [0.15, 0.2) is 84.9 Å². The van der Waals surface area contributed by atoms with Gasteiger partial charge in [-0.2, -0.15) is 0 Å². The zero-order valence-corrected chi connectivity index (χ0v) is 27.3. The summed E-state index contributed by atoms with van der Waals surface area (Å²) in [6, 6.07) is 22.1. The minimum atomic E-state index is -4.14. The van der Waals surface area contributed by atoms with Crippen molar-refractivity contribution in [2.75, 3.05) is 56.3 Å². The van der Waals surface area contributed by atoms with Gasteiger partial charge in [0.1, 0.15) is 17.7 Å². The second-order valence-corrected chi connectivity index (χ2v) is 14.7. The topological polar surface area (TPSA) is 151 Å². The molecule has 1 atom stereocenters. The molecule has 0 aliphatic carbocycles. The minimum Gasteiger partial charge on any atom is -0.497 e. The van der Waals surface area contributed by atoms with Gasteiger partial charge in [0.2, 0.25) is 5.91 Å². The van der Waals surface area contributed by atoms with Crippen molar-refractivity contribution in [1.82, 2.24) is 15.1 Å². The van der Waals surface area contributed by atoms with Gasteiger partial charge in [-0.3, -0.25) is 9.52 Å². The van der Waals surface area contributed by atoms with Crippen LogP contribution in [0.2, 0.25) is 0 Å². The number of anilines is 1. The number of morpholine rings is 1. The Morgan fingerprint density at radius 3 is 2.11 bits per heavy atom. The maximum Gasteiger partial charge on any atom is 0.318 e. The van der Waals surface area contributed by atoms with Crippen molar-refractivity contribution in [2.24, 2.45) is 0 Å². The first-order chi connectivity index (χ1) is 22.0. The standard InChI is InChI=1S/C32H40N4O8S2/c1-43-29-16-14-28(15-17-29)34-46(41,42)25-36(18-8-13-26-9-4-2-5-10-26)31(37)30(33-32(38)35-19-21-44-22-20-35)24-45(39,40)23-27-11-6-3-7-12-27/h2-7,9-12,14-17,30,34H,8,13,18-25H2,1H3,(H,33,38)/t30-/m1/s1. The molecule has 3 aromatic carbocycles. The van der Waals surface area contributed by atoms with E-state index >= 15 is 0 Å². The van der Waals surface area contributed by atoms with Crippen molar-refractivity contribution in [3.63, 3.8) is 0 Å². The fourth-order valence-electron chi connectivity index (χ4n) is 4.98. The number of nitrogens with zero attached hydrogens (tertiary/aromatic N) is 2. The third-order valence-corrected chi connectivity index (χ3v) is 10.1. The Morgan fingerprint density at radius 1 is 0.891 bits per heavy atom. The molecule has 1 heterocycles. The minimum absolute atomic E-state index is 0.0000915. The van der Waals surface area contributed by atoms with Gasteiger partial charge in [0.25, 0.3) is 10.0 Å². The fourth-order valence-corrected chi connectivity index (χ4v) is 7.75. The largest absolute Gasteiger partial charge is 0.497 e. The Hall–Kier alpha value is -4.14. The molecule has 14 heteroatoms. The quantitative estimate of drug-likeness (QED) is 0.250. The normalized spacial score (nSPS) is 14.2. The second kappa shape index (κ2) is 16.4. The Bertz CT molecular complexity index is 1630. The molecule has 1 aliphatic rings. The first-order valence-electron chi connectivity index (χ1n) is 14.9. The molecule has 0 aromatic heterocycles. The summed E-state index contributed by atoms with van der Waals surface area (Å²) in [5, 5.41) is 2.60. The molecule has 0 saturated carbocycles. The highest BCUT2D eigenvalue weighted by molar-refractivity contribution is 7.92. The molecule has 0 bridgehead atoms. The maximum absolute atomic E-state index is 14.1. The van der Waals surface area contributed by atoms with Crippen LogP contribution in [0.3, 0.4) is 0 Å². The zero-order valence-electron chi connectivity index (χ0n) is 25.7. The van der Waals surface area contributed by atoms with E-state index in [2.05, 4.69) is 10.0 Å². The van der Waals surface area contributed by atoms with Crippen LogP contribution in [0.25, 0.3) is 0 Å². The number of benzene rings is 3. The highest BCUT2D eigenvalue weighted by atomic mass is 32.2. The van der Waals surface area contributed by atoms with Crippen molar-refractivity contribution in [1.29, 1.82) is 0 Å². The first kappa shape index (κ1) is 34.7. The number of methoxy groups -OCH3 is 1. The van der Waals surface area contributed by atoms with Crippen LogP contribution in [0.1, 0.15) is 17.5 Å². The van der Waals surface area contributed by atoms with E-state index in [1.54, 1.807) is 42.5 Å². The molecule has 2 N–H and O–H groups in total. The van der Waals surface area contributed by atoms with Gasteiger partial charge in [0, 0.05) is 25.3 Å². The van der Waals surface area contributed by atoms with Crippen LogP contribution in [0.5, 0.6) is 5.75 Å². The van der Waals surface area contributed by atoms with E-state index in [4.69, 9.17) is 9.47 Å². The summed E-state index contributed by atoms with van der Waals surface area (Å²) >= 11 is 0. The highest BCUT2D eigenvalue weighted by Gasteiger charge is 2.34. The average Bonchev–Trinajstić information content (AvgIpc) is 3.04. The van der Waals surface area contributed by atoms with E-state index in [1.807, 2.05) is 30.3 Å². The molecular weight excluding hydrogens is 633 g/mol. The SMILES string of the molecule is COc1ccc(NS(=O)(=O)CN(CCCc2ccccc2)C(=O)[C@@H](CS(=O)(=O)Cc2ccccc2)NC(=O)N2CCOCC2)cc1. The van der Waals surface area contributed by atoms with Crippen LogP contribution < -0.4 is 14.8 Å². The third-order valence-electron chi connectivity index (χ3n) is 7.28. The van der Waals surface area contributed by atoms with Gasteiger partial charge in [-0.05, 0) is 48.2 Å². The molecule has 248 valence electrons. The number of carbonyl (C=O) groups is 2. The second-order valence-electron chi connectivity index (χ2n) is 10.9. The van der Waals surface area contributed by atoms with Crippen molar-refractivity contribution in [3.05, 3.63) is 96.1 Å². The lowest BCUT2D eigenvalue weighted by atomic mass is 10.1. The van der Waals surface area contributed by atoms with Crippen molar-refractivity contribution >= 4 is 37.5 Å². The summed E-state index contributed by atoms with van der Waals surface area (Å²) in [6.07, 6.45) is 0.947. The molecule has 0 radical (unpaired) electrons. The number of ether oxygens (including phenoxy) is 2. The Balaban J connectivity index is 1.58. The summed E-state index contributed by atoms with van der Waals surface area (Å²) in [7, 11) is -6.58. The molecule has 1 fully saturated rings. The number of hydrogen-bond donors (Lipinski definition) is 2. The number of nitrogens with one attached hydrogen (secondary N) is 2. The monoisotopic (exact) mass is 672 g/mol. The van der Waals surface area contributed by atoms with Gasteiger partial charge in [-0.15, -0.1) is 0 Å². The lowest BCUT2D eigenvalue weighted by Gasteiger charge is -2.31. The number of sulfonamides is 1. The van der Waals surface area contributed by atoms with E-state index in [9.17, 15) is 26.4 Å². The Kier molecular flexibility index (Phi) is 12.4. The number of rotatable bonds is 15. The first-order valence-corrected chi connectivity index (χ1v) is 18.4. The number of hydrogen-bond acceptors (Lipinski definition) is 8. The Morgan fingerprint density at radius 2 is 1.50 bits per heavy atom. The maximum atomic E-state index is 14.1. The molecule has 1 aliphatic heterocycles. The van der Waals surface area contributed by atoms with E-state index in [0.717, 1.165) is 10.5 Å². The van der Waals surface area contributed by atoms with E-state index < -0.39 is 49.5 Å². The number of urea groups is 1. The third kappa shape index (κ3) is 11.0. The van der Waals surface area contributed by atoms with Gasteiger partial charge in [-0.25, -0.2) is 21.6 Å². The van der Waals surface area contributed by atoms with Crippen LogP contribution >= 0.6 is 0 Å². The van der Waals surface area contributed by atoms with Crippen molar-refractivity contribution < 1.29 is 35.9 Å². The van der Waals surface area contributed by atoms with Crippen LogP contribution in [0.4, 0.5) is 10.5 Å². The van der Waals surface area contributed by atoms with Gasteiger partial charge in [0.05, 0.1) is 31.8 Å². The predicted molar refractivity (Wildman–Crippen MR) is 176 cm³/mol. The fraction of sp³-hybridized carbons (Fsp3) is 0.375. The van der Waals surface area contributed by atoms with Crippen molar-refractivity contribution in [3.8, 4) is 5.75 Å². The number of amides is 3. The highest BCUT2D eigenvalue weighted by Crippen LogP contribution is 2.18. The molecule has 3 amide bonds. The molecule has 0 spiro atoms. The molecule has 3 aromatic rings. The smallest absolute Gasteiger partial charge is 0.318 e. The lowest BCUT2D eigenvalue weighted by molar-refractivity contribution is -0.132. The van der Waals surface area contributed by atoms with E-state index in [0.29, 0.717) is 37.4 Å². The summed E-state index contributed by atoms with van der Waals surface area (Å²) < 4.78 is 66.4. The summed E-state index contributed by atoms with van der Waals surface area (Å²) in [6.45, 7) is 1.15. The van der Waals surface area contributed by atoms with Crippen LogP contribution in [-0.4, -0.2) is 96.2 Å². The van der Waals surface area contributed by atoms with Crippen LogP contribution in [0, 0.1) is 0 Å². The molecule has 0 unspecified atom stereocenters. The average molecular weight is 673 g/mol. The lowest BCUT2D eigenvalue weighted by Crippen LogP contribution is -2.57. The summed E-state index contributed by atoms with van der Waals surface area (Å²) in [5.41, 5.74) is 1.79. The summed E-state index contributed by atoms with van der Waals surface area (Å²) in [5.74, 6) is -2.09. The van der Waals surface area contributed by atoms with E-state index in [-0.39, 0.29) is 31.1 Å². The van der Waals surface area contributed by atoms with Gasteiger partial charge >= 0.3 is 6.03 Å². The molecule has 4 rings (SSSR count). The summed E-state index contributed by atoms with van der Waals surface area (Å²) in [4.78, 5) is 29.9. The number of aryl methyl sites for hydroxylation is 1. The Labute approximate surface area is 270 Å². The molecule has 12 nitrogen and oxygen atoms in total. The number of sulfone groups is 1. The van der Waals surface area contributed by atoms with E-state index in [1.165, 1.54) is 24.1 Å². The van der Waals surface area contributed by atoms with Gasteiger partial charge in [0.15, 0.2) is 9.84 Å².